The van der Waals surface area contributed by atoms with Crippen molar-refractivity contribution in [2.24, 2.45) is 0 Å². The molecule has 0 amide bonds. The molecular formula is C23H27N3O4S. The summed E-state index contributed by atoms with van der Waals surface area (Å²) in [7, 11) is 1.55. The number of esters is 1. The molecule has 1 aliphatic heterocycles. The summed E-state index contributed by atoms with van der Waals surface area (Å²) in [5, 5.41) is 0.467. The Morgan fingerprint density at radius 3 is 2.87 bits per heavy atom. The highest BCUT2D eigenvalue weighted by Crippen LogP contribution is 2.28. The third-order valence-corrected chi connectivity index (χ3v) is 6.89. The van der Waals surface area contributed by atoms with E-state index in [9.17, 15) is 9.59 Å². The molecule has 1 fully saturated rings. The number of carbonyl (C=O) groups excluding carboxylic acids is 1. The van der Waals surface area contributed by atoms with E-state index >= 15 is 0 Å². The number of aromatic amines is 1. The molecule has 0 bridgehead atoms. The van der Waals surface area contributed by atoms with Gasteiger partial charge in [0.1, 0.15) is 22.1 Å². The van der Waals surface area contributed by atoms with E-state index in [1.807, 2.05) is 6.07 Å². The van der Waals surface area contributed by atoms with Crippen LogP contribution in [0.15, 0.2) is 35.1 Å². The van der Waals surface area contributed by atoms with Crippen molar-refractivity contribution < 1.29 is 14.3 Å². The lowest BCUT2D eigenvalue weighted by Gasteiger charge is -2.24. The number of methoxy groups -OCH3 is 1. The SMILES string of the molecule is COCCOC(=O)c1sc2nc(CN3CCCC3Cc3ccccc3)[nH]c(=O)c2c1C. The lowest BCUT2D eigenvalue weighted by atomic mass is 10.0. The molecule has 1 saturated heterocycles. The van der Waals surface area contributed by atoms with Crippen LogP contribution >= 0.6 is 11.3 Å². The highest BCUT2D eigenvalue weighted by Gasteiger charge is 2.26. The first-order valence-corrected chi connectivity index (χ1v) is 11.3. The fraction of sp³-hybridized carbons (Fsp3) is 0.435. The highest BCUT2D eigenvalue weighted by molar-refractivity contribution is 7.20. The van der Waals surface area contributed by atoms with Gasteiger partial charge in [-0.2, -0.15) is 0 Å². The van der Waals surface area contributed by atoms with Crippen molar-refractivity contribution in [1.82, 2.24) is 14.9 Å². The molecular weight excluding hydrogens is 414 g/mol. The van der Waals surface area contributed by atoms with Gasteiger partial charge in [-0.25, -0.2) is 9.78 Å². The van der Waals surface area contributed by atoms with Crippen LogP contribution in [0, 0.1) is 6.92 Å². The number of fused-ring (bicyclic) bond motifs is 1. The van der Waals surface area contributed by atoms with Crippen LogP contribution in [0.1, 0.15) is 39.5 Å². The second-order valence-corrected chi connectivity index (χ2v) is 8.83. The molecule has 0 spiro atoms. The maximum atomic E-state index is 12.8. The second kappa shape index (κ2) is 9.72. The monoisotopic (exact) mass is 441 g/mol. The summed E-state index contributed by atoms with van der Waals surface area (Å²) in [5.41, 5.74) is 1.73. The van der Waals surface area contributed by atoms with Crippen LogP contribution in [0.25, 0.3) is 10.2 Å². The van der Waals surface area contributed by atoms with Gasteiger partial charge in [-0.15, -0.1) is 11.3 Å². The predicted octanol–water partition coefficient (Wildman–Crippen LogP) is 3.30. The van der Waals surface area contributed by atoms with E-state index in [0.717, 1.165) is 25.8 Å². The number of benzene rings is 1. The number of rotatable bonds is 8. The summed E-state index contributed by atoms with van der Waals surface area (Å²) in [4.78, 5) is 36.2. The third kappa shape index (κ3) is 4.87. The molecule has 2 aromatic heterocycles. The molecule has 1 aromatic carbocycles. The number of hydrogen-bond donors (Lipinski definition) is 1. The Bertz CT molecular complexity index is 1110. The summed E-state index contributed by atoms with van der Waals surface area (Å²) in [6.07, 6.45) is 3.26. The number of carbonyl (C=O) groups is 1. The fourth-order valence-corrected chi connectivity index (χ4v) is 5.25. The van der Waals surface area contributed by atoms with Crippen molar-refractivity contribution in [2.45, 2.75) is 38.8 Å². The van der Waals surface area contributed by atoms with Crippen LogP contribution in [0.3, 0.4) is 0 Å². The molecule has 3 heterocycles. The zero-order valence-electron chi connectivity index (χ0n) is 17.8. The summed E-state index contributed by atoms with van der Waals surface area (Å²) >= 11 is 1.21. The maximum absolute atomic E-state index is 12.8. The minimum atomic E-state index is -0.444. The van der Waals surface area contributed by atoms with E-state index in [-0.39, 0.29) is 12.2 Å². The number of nitrogens with one attached hydrogen (secondary N) is 1. The van der Waals surface area contributed by atoms with Crippen molar-refractivity contribution in [3.63, 3.8) is 0 Å². The van der Waals surface area contributed by atoms with Crippen LogP contribution < -0.4 is 5.56 Å². The van der Waals surface area contributed by atoms with Gasteiger partial charge in [0, 0.05) is 13.2 Å². The zero-order chi connectivity index (χ0) is 21.8. The number of aromatic nitrogens is 2. The first-order chi connectivity index (χ1) is 15.1. The van der Waals surface area contributed by atoms with Crippen LogP contribution in [0.4, 0.5) is 0 Å². The van der Waals surface area contributed by atoms with Crippen molar-refractivity contribution in [2.75, 3.05) is 26.9 Å². The Labute approximate surface area is 185 Å². The molecule has 3 aromatic rings. The predicted molar refractivity (Wildman–Crippen MR) is 121 cm³/mol. The van der Waals surface area contributed by atoms with Crippen molar-refractivity contribution in [3.05, 3.63) is 62.5 Å². The normalized spacial score (nSPS) is 16.8. The molecule has 0 radical (unpaired) electrons. The van der Waals surface area contributed by atoms with E-state index in [1.165, 1.54) is 16.9 Å². The van der Waals surface area contributed by atoms with Crippen molar-refractivity contribution >= 4 is 27.5 Å². The number of H-pyrrole nitrogens is 1. The summed E-state index contributed by atoms with van der Waals surface area (Å²) < 4.78 is 10.1. The molecule has 0 saturated carbocycles. The summed E-state index contributed by atoms with van der Waals surface area (Å²) in [6, 6.07) is 10.9. The Kier molecular flexibility index (Phi) is 6.80. The molecule has 1 aliphatic rings. The van der Waals surface area contributed by atoms with Gasteiger partial charge in [-0.05, 0) is 43.9 Å². The lowest BCUT2D eigenvalue weighted by Crippen LogP contribution is -2.32. The Morgan fingerprint density at radius 1 is 1.29 bits per heavy atom. The lowest BCUT2D eigenvalue weighted by molar-refractivity contribution is 0.0393. The topological polar surface area (TPSA) is 84.5 Å². The summed E-state index contributed by atoms with van der Waals surface area (Å²) in [6.45, 7) is 3.85. The molecule has 31 heavy (non-hydrogen) atoms. The molecule has 1 atom stereocenters. The van der Waals surface area contributed by atoms with Crippen LogP contribution in [-0.2, 0) is 22.4 Å². The van der Waals surface area contributed by atoms with Gasteiger partial charge in [0.2, 0.25) is 0 Å². The van der Waals surface area contributed by atoms with E-state index in [0.29, 0.717) is 45.7 Å². The number of hydrogen-bond acceptors (Lipinski definition) is 7. The van der Waals surface area contributed by atoms with Gasteiger partial charge >= 0.3 is 5.97 Å². The minimum Gasteiger partial charge on any atom is -0.459 e. The average Bonchev–Trinajstić information content (AvgIpc) is 3.33. The molecule has 1 N–H and O–H groups in total. The number of ether oxygens (including phenoxy) is 2. The average molecular weight is 442 g/mol. The highest BCUT2D eigenvalue weighted by atomic mass is 32.1. The van der Waals surface area contributed by atoms with Gasteiger partial charge in [-0.1, -0.05) is 30.3 Å². The fourth-order valence-electron chi connectivity index (χ4n) is 4.15. The Hall–Kier alpha value is -2.55. The minimum absolute atomic E-state index is 0.176. The Balaban J connectivity index is 1.53. The number of nitrogens with zero attached hydrogens (tertiary/aromatic N) is 2. The maximum Gasteiger partial charge on any atom is 0.348 e. The van der Waals surface area contributed by atoms with Crippen LogP contribution in [-0.4, -0.2) is 53.7 Å². The molecule has 4 rings (SSSR count). The van der Waals surface area contributed by atoms with Gasteiger partial charge < -0.3 is 14.5 Å². The number of likely N-dealkylation sites (tertiary alicyclic amines) is 1. The smallest absolute Gasteiger partial charge is 0.348 e. The first-order valence-electron chi connectivity index (χ1n) is 10.5. The van der Waals surface area contributed by atoms with Gasteiger partial charge in [0.15, 0.2) is 0 Å². The quantitative estimate of drug-likeness (QED) is 0.427. The van der Waals surface area contributed by atoms with Gasteiger partial charge in [0.25, 0.3) is 5.56 Å². The first kappa shape index (κ1) is 21.7. The molecule has 8 heteroatoms. The van der Waals surface area contributed by atoms with E-state index < -0.39 is 5.97 Å². The summed E-state index contributed by atoms with van der Waals surface area (Å²) in [5.74, 6) is 0.194. The van der Waals surface area contributed by atoms with Crippen LogP contribution in [0.2, 0.25) is 0 Å². The third-order valence-electron chi connectivity index (χ3n) is 5.72. The molecule has 7 nitrogen and oxygen atoms in total. The van der Waals surface area contributed by atoms with Gasteiger partial charge in [-0.3, -0.25) is 9.69 Å². The van der Waals surface area contributed by atoms with E-state index in [1.54, 1.807) is 14.0 Å². The second-order valence-electron chi connectivity index (χ2n) is 7.83. The standard InChI is InChI=1S/C23H27N3O4S/c1-15-19-21(27)24-18(25-22(19)31-20(15)23(28)30-12-11-29-2)14-26-10-6-9-17(26)13-16-7-4-3-5-8-16/h3-5,7-8,17H,6,9-14H2,1-2H3,(H,24,25,27). The molecule has 164 valence electrons. The largest absolute Gasteiger partial charge is 0.459 e. The molecule has 0 aliphatic carbocycles. The van der Waals surface area contributed by atoms with Crippen molar-refractivity contribution in [1.29, 1.82) is 0 Å². The van der Waals surface area contributed by atoms with E-state index in [4.69, 9.17) is 14.5 Å². The van der Waals surface area contributed by atoms with Crippen molar-refractivity contribution in [3.8, 4) is 0 Å². The van der Waals surface area contributed by atoms with Crippen LogP contribution in [0.5, 0.6) is 0 Å². The number of thiophene rings is 1. The Morgan fingerprint density at radius 2 is 2.10 bits per heavy atom. The van der Waals surface area contributed by atoms with E-state index in [2.05, 4.69) is 34.1 Å². The zero-order valence-corrected chi connectivity index (χ0v) is 18.7. The van der Waals surface area contributed by atoms with Gasteiger partial charge in [0.05, 0.1) is 18.5 Å². The number of aryl methyl sites for hydroxylation is 1. The molecule has 1 unspecified atom stereocenters.